The second-order valence-corrected chi connectivity index (χ2v) is 5.25. The molecule has 0 saturated carbocycles. The van der Waals surface area contributed by atoms with Gasteiger partial charge in [0.25, 0.3) is 0 Å². The second-order valence-electron chi connectivity index (χ2n) is 5.25. The molecule has 1 aromatic carbocycles. The summed E-state index contributed by atoms with van der Waals surface area (Å²) in [4.78, 5) is 4.06. The van der Waals surface area contributed by atoms with Crippen molar-refractivity contribution in [2.45, 2.75) is 39.8 Å². The summed E-state index contributed by atoms with van der Waals surface area (Å²) < 4.78 is 0. The first-order valence-corrected chi connectivity index (χ1v) is 6.81. The molecule has 2 atom stereocenters. The van der Waals surface area contributed by atoms with Gasteiger partial charge in [0, 0.05) is 24.5 Å². The van der Waals surface area contributed by atoms with Crippen LogP contribution in [0.25, 0.3) is 0 Å². The molecular formula is C17H22N2. The van der Waals surface area contributed by atoms with E-state index in [4.69, 9.17) is 0 Å². The Morgan fingerprint density at radius 1 is 0.947 bits per heavy atom. The van der Waals surface area contributed by atoms with Crippen LogP contribution in [0.3, 0.4) is 0 Å². The molecule has 0 spiro atoms. The normalized spacial score (nSPS) is 14.1. The third-order valence-electron chi connectivity index (χ3n) is 3.61. The van der Waals surface area contributed by atoms with E-state index in [-0.39, 0.29) is 0 Å². The smallest absolute Gasteiger partial charge is 0.0300 e. The van der Waals surface area contributed by atoms with Gasteiger partial charge in [-0.15, -0.1) is 0 Å². The highest BCUT2D eigenvalue weighted by atomic mass is 14.9. The van der Waals surface area contributed by atoms with Crippen LogP contribution in [0.1, 0.15) is 48.2 Å². The van der Waals surface area contributed by atoms with Crippen LogP contribution in [0, 0.1) is 13.8 Å². The molecule has 2 unspecified atom stereocenters. The van der Waals surface area contributed by atoms with Crippen molar-refractivity contribution < 1.29 is 0 Å². The third kappa shape index (κ3) is 3.42. The lowest BCUT2D eigenvalue weighted by molar-refractivity contribution is 0.492. The molecule has 0 saturated heterocycles. The molecule has 100 valence electrons. The van der Waals surface area contributed by atoms with Gasteiger partial charge in [0.15, 0.2) is 0 Å². The van der Waals surface area contributed by atoms with Gasteiger partial charge in [0.1, 0.15) is 0 Å². The summed E-state index contributed by atoms with van der Waals surface area (Å²) in [6, 6.07) is 11.4. The SMILES string of the molecule is Cc1ccc(C)c(C(C)NC(C)c2ccncc2)c1. The largest absolute Gasteiger partial charge is 0.304 e. The fraction of sp³-hybridized carbons (Fsp3) is 0.353. The number of nitrogens with zero attached hydrogens (tertiary/aromatic N) is 1. The zero-order valence-corrected chi connectivity index (χ0v) is 12.1. The Balaban J connectivity index is 2.13. The standard InChI is InChI=1S/C17H22N2/c1-12-5-6-13(2)17(11-12)15(4)19-14(3)16-7-9-18-10-8-16/h5-11,14-15,19H,1-4H3. The highest BCUT2D eigenvalue weighted by Crippen LogP contribution is 2.22. The second kappa shape index (κ2) is 5.98. The maximum absolute atomic E-state index is 4.06. The number of aryl methyl sites for hydroxylation is 2. The number of rotatable bonds is 4. The highest BCUT2D eigenvalue weighted by Gasteiger charge is 2.12. The molecule has 2 heteroatoms. The zero-order valence-electron chi connectivity index (χ0n) is 12.1. The van der Waals surface area contributed by atoms with Gasteiger partial charge in [0.05, 0.1) is 0 Å². The summed E-state index contributed by atoms with van der Waals surface area (Å²) in [6.07, 6.45) is 3.69. The first kappa shape index (κ1) is 13.8. The lowest BCUT2D eigenvalue weighted by Gasteiger charge is -2.22. The van der Waals surface area contributed by atoms with Gasteiger partial charge in [-0.25, -0.2) is 0 Å². The first-order chi connectivity index (χ1) is 9.08. The van der Waals surface area contributed by atoms with E-state index >= 15 is 0 Å². The number of benzene rings is 1. The molecule has 0 aliphatic heterocycles. The minimum Gasteiger partial charge on any atom is -0.304 e. The maximum Gasteiger partial charge on any atom is 0.0300 e. The molecule has 2 nitrogen and oxygen atoms in total. The summed E-state index contributed by atoms with van der Waals surface area (Å²) in [7, 11) is 0. The van der Waals surface area contributed by atoms with Crippen molar-refractivity contribution in [2.75, 3.05) is 0 Å². The Hall–Kier alpha value is -1.67. The van der Waals surface area contributed by atoms with Crippen molar-refractivity contribution in [2.24, 2.45) is 0 Å². The van der Waals surface area contributed by atoms with Gasteiger partial charge in [-0.2, -0.15) is 0 Å². The highest BCUT2D eigenvalue weighted by molar-refractivity contribution is 5.33. The Morgan fingerprint density at radius 3 is 2.32 bits per heavy atom. The summed E-state index contributed by atoms with van der Waals surface area (Å²) in [5.41, 5.74) is 5.30. The van der Waals surface area contributed by atoms with Crippen LogP contribution in [0.15, 0.2) is 42.7 Å². The van der Waals surface area contributed by atoms with Crippen LogP contribution >= 0.6 is 0 Å². The van der Waals surface area contributed by atoms with Crippen molar-refractivity contribution in [3.63, 3.8) is 0 Å². The topological polar surface area (TPSA) is 24.9 Å². The zero-order chi connectivity index (χ0) is 13.8. The maximum atomic E-state index is 4.06. The van der Waals surface area contributed by atoms with Gasteiger partial charge < -0.3 is 5.32 Å². The number of nitrogens with one attached hydrogen (secondary N) is 1. The number of hydrogen-bond acceptors (Lipinski definition) is 2. The van der Waals surface area contributed by atoms with Gasteiger partial charge >= 0.3 is 0 Å². The van der Waals surface area contributed by atoms with E-state index in [1.165, 1.54) is 22.3 Å². The van der Waals surface area contributed by atoms with Crippen molar-refractivity contribution in [1.29, 1.82) is 0 Å². The van der Waals surface area contributed by atoms with Crippen LogP contribution in [-0.4, -0.2) is 4.98 Å². The average molecular weight is 254 g/mol. The van der Waals surface area contributed by atoms with Crippen molar-refractivity contribution in [3.8, 4) is 0 Å². The molecule has 0 bridgehead atoms. The summed E-state index contributed by atoms with van der Waals surface area (Å²) in [5, 5.41) is 3.65. The molecule has 1 heterocycles. The van der Waals surface area contributed by atoms with E-state index in [0.717, 1.165) is 0 Å². The van der Waals surface area contributed by atoms with Crippen molar-refractivity contribution >= 4 is 0 Å². The van der Waals surface area contributed by atoms with E-state index in [2.05, 4.69) is 68.3 Å². The van der Waals surface area contributed by atoms with Crippen LogP contribution in [0.4, 0.5) is 0 Å². The van der Waals surface area contributed by atoms with E-state index in [9.17, 15) is 0 Å². The predicted molar refractivity (Wildman–Crippen MR) is 80.1 cm³/mol. The fourth-order valence-electron chi connectivity index (χ4n) is 2.44. The van der Waals surface area contributed by atoms with Gasteiger partial charge in [-0.3, -0.25) is 4.98 Å². The minimum atomic E-state index is 0.318. The van der Waals surface area contributed by atoms with E-state index in [0.29, 0.717) is 12.1 Å². The summed E-state index contributed by atoms with van der Waals surface area (Å²) in [6.45, 7) is 8.72. The van der Waals surface area contributed by atoms with Crippen LogP contribution in [0.5, 0.6) is 0 Å². The third-order valence-corrected chi connectivity index (χ3v) is 3.61. The molecule has 2 aromatic rings. The molecule has 19 heavy (non-hydrogen) atoms. The average Bonchev–Trinajstić information content (AvgIpc) is 2.42. The Kier molecular flexibility index (Phi) is 4.33. The monoisotopic (exact) mass is 254 g/mol. The van der Waals surface area contributed by atoms with Crippen molar-refractivity contribution in [1.82, 2.24) is 10.3 Å². The predicted octanol–water partition coefficient (Wildman–Crippen LogP) is 4.11. The van der Waals surface area contributed by atoms with Crippen LogP contribution < -0.4 is 5.32 Å². The molecular weight excluding hydrogens is 232 g/mol. The lowest BCUT2D eigenvalue weighted by Crippen LogP contribution is -2.23. The fourth-order valence-corrected chi connectivity index (χ4v) is 2.44. The van der Waals surface area contributed by atoms with E-state index in [1.54, 1.807) is 0 Å². The molecule has 0 fully saturated rings. The van der Waals surface area contributed by atoms with Crippen LogP contribution in [-0.2, 0) is 0 Å². The Morgan fingerprint density at radius 2 is 1.63 bits per heavy atom. The lowest BCUT2D eigenvalue weighted by atomic mass is 9.98. The van der Waals surface area contributed by atoms with Gasteiger partial charge in [-0.05, 0) is 56.5 Å². The Bertz CT molecular complexity index is 534. The number of pyridine rings is 1. The summed E-state index contributed by atoms with van der Waals surface area (Å²) in [5.74, 6) is 0. The van der Waals surface area contributed by atoms with Gasteiger partial charge in [0.2, 0.25) is 0 Å². The van der Waals surface area contributed by atoms with E-state index in [1.807, 2.05) is 12.4 Å². The number of aromatic nitrogens is 1. The Labute approximate surface area is 115 Å². The molecule has 0 aliphatic carbocycles. The van der Waals surface area contributed by atoms with Crippen LogP contribution in [0.2, 0.25) is 0 Å². The minimum absolute atomic E-state index is 0.318. The number of hydrogen-bond donors (Lipinski definition) is 1. The summed E-state index contributed by atoms with van der Waals surface area (Å²) >= 11 is 0. The van der Waals surface area contributed by atoms with E-state index < -0.39 is 0 Å². The molecule has 1 aromatic heterocycles. The molecule has 0 aliphatic rings. The molecule has 0 amide bonds. The van der Waals surface area contributed by atoms with Gasteiger partial charge in [-0.1, -0.05) is 23.8 Å². The quantitative estimate of drug-likeness (QED) is 0.888. The first-order valence-electron chi connectivity index (χ1n) is 6.81. The van der Waals surface area contributed by atoms with Crippen molar-refractivity contribution in [3.05, 3.63) is 65.0 Å². The molecule has 2 rings (SSSR count). The molecule has 0 radical (unpaired) electrons. The molecule has 1 N–H and O–H groups in total.